The van der Waals surface area contributed by atoms with E-state index in [1.165, 1.54) is 23.1 Å². The Hall–Kier alpha value is -2.75. The zero-order chi connectivity index (χ0) is 19.6. The highest BCUT2D eigenvalue weighted by Crippen LogP contribution is 2.26. The summed E-state index contributed by atoms with van der Waals surface area (Å²) in [7, 11) is 0. The van der Waals surface area contributed by atoms with E-state index in [1.54, 1.807) is 0 Å². The molecule has 2 aliphatic rings. The van der Waals surface area contributed by atoms with Gasteiger partial charge in [-0.1, -0.05) is 12.1 Å². The molecule has 0 amide bonds. The number of piperazine rings is 1. The molecule has 5 rings (SSSR count). The van der Waals surface area contributed by atoms with Crippen molar-refractivity contribution in [2.24, 2.45) is 0 Å². The van der Waals surface area contributed by atoms with Crippen molar-refractivity contribution >= 4 is 11.0 Å². The van der Waals surface area contributed by atoms with E-state index in [1.807, 2.05) is 12.1 Å². The van der Waals surface area contributed by atoms with Gasteiger partial charge in [0.05, 0.1) is 11.6 Å². The lowest BCUT2D eigenvalue weighted by Crippen LogP contribution is -2.52. The van der Waals surface area contributed by atoms with E-state index < -0.39 is 0 Å². The van der Waals surface area contributed by atoms with Gasteiger partial charge in [0.2, 0.25) is 0 Å². The van der Waals surface area contributed by atoms with Gasteiger partial charge in [-0.3, -0.25) is 4.90 Å². The minimum Gasteiger partial charge on any atom is -0.300 e. The summed E-state index contributed by atoms with van der Waals surface area (Å²) in [5.74, 6) is 0. The van der Waals surface area contributed by atoms with Crippen molar-refractivity contribution < 1.29 is 4.63 Å². The van der Waals surface area contributed by atoms with Crippen LogP contribution in [0.2, 0.25) is 0 Å². The highest BCUT2D eigenvalue weighted by atomic mass is 16.6. The van der Waals surface area contributed by atoms with E-state index in [9.17, 15) is 0 Å². The monoisotopic (exact) mass is 387 g/mol. The minimum absolute atomic E-state index is 0.639. The standard InChI is InChI=1S/C23H25N5O/c24-16-18-1-3-20-15-21(5-4-19(20)13-18)28-11-9-27(10-12-28)8-7-17-2-6-22-23(14-17)26-29-25-22/h1-3,6,13-14,21H,4-5,7-12,15H2. The zero-order valence-electron chi connectivity index (χ0n) is 16.5. The van der Waals surface area contributed by atoms with Gasteiger partial charge in [-0.05, 0) is 77.0 Å². The molecule has 2 aromatic carbocycles. The smallest absolute Gasteiger partial charge is 0.135 e. The van der Waals surface area contributed by atoms with Crippen LogP contribution in [-0.4, -0.2) is 58.9 Å². The number of benzene rings is 2. The number of nitrogens with zero attached hydrogens (tertiary/aromatic N) is 5. The third kappa shape index (κ3) is 3.89. The van der Waals surface area contributed by atoms with Crippen LogP contribution in [0, 0.1) is 11.3 Å². The van der Waals surface area contributed by atoms with Crippen molar-refractivity contribution in [3.05, 3.63) is 58.7 Å². The van der Waals surface area contributed by atoms with Gasteiger partial charge >= 0.3 is 0 Å². The Morgan fingerprint density at radius 2 is 1.86 bits per heavy atom. The van der Waals surface area contributed by atoms with Crippen molar-refractivity contribution in [2.45, 2.75) is 31.7 Å². The SMILES string of the molecule is N#Cc1ccc2c(c1)CCC(N1CCN(CCc3ccc4nonc4c3)CC1)C2. The van der Waals surface area contributed by atoms with E-state index in [-0.39, 0.29) is 0 Å². The molecule has 148 valence electrons. The quantitative estimate of drug-likeness (QED) is 0.686. The van der Waals surface area contributed by atoms with Gasteiger partial charge in [0.25, 0.3) is 0 Å². The highest BCUT2D eigenvalue weighted by Gasteiger charge is 2.27. The molecule has 0 bridgehead atoms. The van der Waals surface area contributed by atoms with Crippen LogP contribution >= 0.6 is 0 Å². The summed E-state index contributed by atoms with van der Waals surface area (Å²) in [4.78, 5) is 5.24. The molecule has 6 nitrogen and oxygen atoms in total. The first-order chi connectivity index (χ1) is 14.3. The van der Waals surface area contributed by atoms with Crippen LogP contribution in [0.1, 0.15) is 28.7 Å². The van der Waals surface area contributed by atoms with Crippen molar-refractivity contribution in [3.63, 3.8) is 0 Å². The van der Waals surface area contributed by atoms with Gasteiger partial charge in [0.15, 0.2) is 0 Å². The largest absolute Gasteiger partial charge is 0.300 e. The predicted octanol–water partition coefficient (Wildman–Crippen LogP) is 2.81. The van der Waals surface area contributed by atoms with Crippen molar-refractivity contribution in [1.82, 2.24) is 20.1 Å². The van der Waals surface area contributed by atoms with Crippen LogP contribution in [0.5, 0.6) is 0 Å². The van der Waals surface area contributed by atoms with Gasteiger partial charge in [-0.2, -0.15) is 5.26 Å². The average molecular weight is 387 g/mol. The van der Waals surface area contributed by atoms with Crippen LogP contribution in [0.25, 0.3) is 11.0 Å². The second-order valence-corrected chi connectivity index (χ2v) is 8.21. The molecule has 1 unspecified atom stereocenters. The second kappa shape index (κ2) is 7.94. The van der Waals surface area contributed by atoms with E-state index in [4.69, 9.17) is 9.89 Å². The van der Waals surface area contributed by atoms with Crippen LogP contribution in [-0.2, 0) is 19.3 Å². The zero-order valence-corrected chi connectivity index (χ0v) is 16.5. The predicted molar refractivity (Wildman–Crippen MR) is 110 cm³/mol. The van der Waals surface area contributed by atoms with Crippen molar-refractivity contribution in [1.29, 1.82) is 5.26 Å². The Balaban J connectivity index is 1.13. The van der Waals surface area contributed by atoms with Gasteiger partial charge < -0.3 is 4.90 Å². The molecule has 1 atom stereocenters. The topological polar surface area (TPSA) is 69.2 Å². The number of rotatable bonds is 4. The number of aryl methyl sites for hydroxylation is 1. The Labute approximate surface area is 170 Å². The van der Waals surface area contributed by atoms with E-state index in [2.05, 4.69) is 50.4 Å². The molecule has 6 heteroatoms. The molecule has 0 radical (unpaired) electrons. The first kappa shape index (κ1) is 18.3. The first-order valence-corrected chi connectivity index (χ1v) is 10.5. The molecule has 1 fully saturated rings. The maximum Gasteiger partial charge on any atom is 0.135 e. The summed E-state index contributed by atoms with van der Waals surface area (Å²) in [6.45, 7) is 5.62. The molecule has 29 heavy (non-hydrogen) atoms. The summed E-state index contributed by atoms with van der Waals surface area (Å²) < 4.78 is 4.79. The summed E-state index contributed by atoms with van der Waals surface area (Å²) >= 11 is 0. The fourth-order valence-electron chi connectivity index (χ4n) is 4.74. The maximum absolute atomic E-state index is 9.10. The minimum atomic E-state index is 0.639. The normalized spacial score (nSPS) is 20.4. The van der Waals surface area contributed by atoms with Crippen LogP contribution < -0.4 is 0 Å². The molecule has 3 aromatic rings. The lowest BCUT2D eigenvalue weighted by Gasteiger charge is -2.41. The molecular weight excluding hydrogens is 362 g/mol. The molecule has 1 aliphatic carbocycles. The molecule has 0 spiro atoms. The molecule has 0 N–H and O–H groups in total. The molecule has 1 saturated heterocycles. The lowest BCUT2D eigenvalue weighted by atomic mass is 9.86. The lowest BCUT2D eigenvalue weighted by molar-refractivity contribution is 0.0902. The average Bonchev–Trinajstić information content (AvgIpc) is 3.25. The fraction of sp³-hybridized carbons (Fsp3) is 0.435. The Bertz CT molecular complexity index is 1040. The van der Waals surface area contributed by atoms with Gasteiger partial charge in [0, 0.05) is 38.8 Å². The third-order valence-electron chi connectivity index (χ3n) is 6.50. The Morgan fingerprint density at radius 3 is 2.72 bits per heavy atom. The maximum atomic E-state index is 9.10. The number of hydrogen-bond acceptors (Lipinski definition) is 6. The van der Waals surface area contributed by atoms with Gasteiger partial charge in [0.1, 0.15) is 11.0 Å². The summed E-state index contributed by atoms with van der Waals surface area (Å²) in [5.41, 5.74) is 6.54. The van der Waals surface area contributed by atoms with E-state index in [0.717, 1.165) is 68.6 Å². The van der Waals surface area contributed by atoms with E-state index >= 15 is 0 Å². The Morgan fingerprint density at radius 1 is 1.00 bits per heavy atom. The fourth-order valence-corrected chi connectivity index (χ4v) is 4.74. The van der Waals surface area contributed by atoms with Gasteiger partial charge in [-0.15, -0.1) is 0 Å². The summed E-state index contributed by atoms with van der Waals surface area (Å²) in [5, 5.41) is 16.9. The molecule has 2 heterocycles. The van der Waals surface area contributed by atoms with Crippen molar-refractivity contribution in [2.75, 3.05) is 32.7 Å². The van der Waals surface area contributed by atoms with Crippen LogP contribution in [0.15, 0.2) is 41.0 Å². The molecule has 1 aliphatic heterocycles. The molecule has 1 aromatic heterocycles. The molecular formula is C23H25N5O. The third-order valence-corrected chi connectivity index (χ3v) is 6.50. The van der Waals surface area contributed by atoms with Crippen molar-refractivity contribution in [3.8, 4) is 6.07 Å². The highest BCUT2D eigenvalue weighted by molar-refractivity contribution is 5.73. The van der Waals surface area contributed by atoms with Gasteiger partial charge in [-0.25, -0.2) is 4.63 Å². The van der Waals surface area contributed by atoms with E-state index in [0.29, 0.717) is 6.04 Å². The second-order valence-electron chi connectivity index (χ2n) is 8.21. The number of fused-ring (bicyclic) bond motifs is 2. The first-order valence-electron chi connectivity index (χ1n) is 10.5. The van der Waals surface area contributed by atoms with Crippen LogP contribution in [0.4, 0.5) is 0 Å². The number of aromatic nitrogens is 2. The molecule has 0 saturated carbocycles. The van der Waals surface area contributed by atoms with Crippen LogP contribution in [0.3, 0.4) is 0 Å². The number of hydrogen-bond donors (Lipinski definition) is 0. The Kier molecular flexibility index (Phi) is 5.01. The summed E-state index contributed by atoms with van der Waals surface area (Å²) in [6, 6.07) is 15.3. The number of nitriles is 1. The summed E-state index contributed by atoms with van der Waals surface area (Å²) in [6.07, 6.45) is 4.44.